The molecule has 0 aromatic carbocycles. The average Bonchev–Trinajstić information content (AvgIpc) is 3.00. The molecule has 9 atom stereocenters. The zero-order chi connectivity index (χ0) is 24.4. The monoisotopic (exact) mass is 456 g/mol. The van der Waals surface area contributed by atoms with Crippen molar-refractivity contribution in [3.8, 4) is 0 Å². The van der Waals surface area contributed by atoms with Crippen molar-refractivity contribution >= 4 is 6.29 Å². The van der Waals surface area contributed by atoms with Crippen LogP contribution in [0.1, 0.15) is 99.8 Å². The molecule has 3 nitrogen and oxygen atoms in total. The molecule has 0 aromatic rings. The van der Waals surface area contributed by atoms with E-state index in [9.17, 15) is 15.0 Å². The Balaban J connectivity index is 1.65. The van der Waals surface area contributed by atoms with Gasteiger partial charge in [-0.2, -0.15) is 0 Å². The number of carbonyl (C=O) groups excluding carboxylic acids is 1. The van der Waals surface area contributed by atoms with E-state index in [1.54, 1.807) is 5.57 Å². The maximum Gasteiger partial charge on any atom is 0.123 e. The Morgan fingerprint density at radius 1 is 1.09 bits per heavy atom. The highest BCUT2D eigenvalue weighted by atomic mass is 16.3. The van der Waals surface area contributed by atoms with Crippen molar-refractivity contribution in [2.75, 3.05) is 0 Å². The Labute approximate surface area is 202 Å². The van der Waals surface area contributed by atoms with Crippen LogP contribution in [0.4, 0.5) is 0 Å². The lowest BCUT2D eigenvalue weighted by Gasteiger charge is -2.64. The zero-order valence-corrected chi connectivity index (χ0v) is 22.2. The Kier molecular flexibility index (Phi) is 6.35. The molecule has 3 saturated carbocycles. The molecule has 4 aliphatic rings. The van der Waals surface area contributed by atoms with E-state index in [4.69, 9.17) is 0 Å². The van der Waals surface area contributed by atoms with Gasteiger partial charge in [-0.3, -0.25) is 0 Å². The fourth-order valence-electron chi connectivity index (χ4n) is 9.47. The van der Waals surface area contributed by atoms with Crippen LogP contribution in [0.3, 0.4) is 0 Å². The molecular formula is C30H48O3. The summed E-state index contributed by atoms with van der Waals surface area (Å²) in [6, 6.07) is 0. The molecule has 2 N–H and O–H groups in total. The van der Waals surface area contributed by atoms with Crippen molar-refractivity contribution < 1.29 is 15.0 Å². The highest BCUT2D eigenvalue weighted by Crippen LogP contribution is 2.73. The van der Waals surface area contributed by atoms with Crippen LogP contribution in [0.15, 0.2) is 23.3 Å². The quantitative estimate of drug-likeness (QED) is 0.367. The number of rotatable bonds is 5. The van der Waals surface area contributed by atoms with Crippen molar-refractivity contribution in [2.24, 2.45) is 45.3 Å². The maximum absolute atomic E-state index is 12.3. The molecule has 0 bridgehead atoms. The van der Waals surface area contributed by atoms with Gasteiger partial charge in [0.1, 0.15) is 6.29 Å². The summed E-state index contributed by atoms with van der Waals surface area (Å²) in [5, 5.41) is 21.4. The molecule has 186 valence electrons. The first-order valence-electron chi connectivity index (χ1n) is 13.5. The number of hydrogen-bond donors (Lipinski definition) is 2. The first-order valence-corrected chi connectivity index (χ1v) is 13.5. The summed E-state index contributed by atoms with van der Waals surface area (Å²) in [5.41, 5.74) is 3.19. The minimum Gasteiger partial charge on any atom is -0.393 e. The summed E-state index contributed by atoms with van der Waals surface area (Å²) >= 11 is 0. The Morgan fingerprint density at radius 3 is 2.42 bits per heavy atom. The topological polar surface area (TPSA) is 57.5 Å². The van der Waals surface area contributed by atoms with Crippen LogP contribution in [0.2, 0.25) is 0 Å². The summed E-state index contributed by atoms with van der Waals surface area (Å²) in [4.78, 5) is 12.3. The predicted octanol–water partition coefficient (Wildman–Crippen LogP) is 6.48. The van der Waals surface area contributed by atoms with Gasteiger partial charge in [0.2, 0.25) is 0 Å². The second-order valence-corrected chi connectivity index (χ2v) is 13.7. The van der Waals surface area contributed by atoms with E-state index in [1.807, 2.05) is 19.9 Å². The second kappa shape index (κ2) is 8.33. The van der Waals surface area contributed by atoms with Gasteiger partial charge < -0.3 is 15.0 Å². The SMILES string of the molecule is CC(C)=C[C@H](O)C[C@H](C=O)[C@@H]1CC[C@]2(C)C3=CC[C@H]4C(C)(C)[C@H](O)CC[C@]4(C)[C@H]3CC[C@@]12C. The second-order valence-electron chi connectivity index (χ2n) is 13.7. The van der Waals surface area contributed by atoms with E-state index >= 15 is 0 Å². The highest BCUT2D eigenvalue weighted by Gasteiger charge is 2.65. The average molecular weight is 457 g/mol. The Hall–Kier alpha value is -0.930. The van der Waals surface area contributed by atoms with Crippen molar-refractivity contribution in [3.05, 3.63) is 23.3 Å². The molecule has 33 heavy (non-hydrogen) atoms. The minimum absolute atomic E-state index is 0.0431. The third-order valence-electron chi connectivity index (χ3n) is 11.6. The van der Waals surface area contributed by atoms with Gasteiger partial charge in [-0.15, -0.1) is 0 Å². The number of allylic oxidation sites excluding steroid dienone is 3. The number of fused-ring (bicyclic) bond motifs is 5. The van der Waals surface area contributed by atoms with Crippen molar-refractivity contribution in [1.29, 1.82) is 0 Å². The molecule has 0 spiro atoms. The molecule has 4 aliphatic carbocycles. The molecule has 0 amide bonds. The van der Waals surface area contributed by atoms with Gasteiger partial charge in [0.15, 0.2) is 0 Å². The molecular weight excluding hydrogens is 408 g/mol. The fraction of sp³-hybridized carbons (Fsp3) is 0.833. The number of aliphatic hydroxyl groups is 2. The Morgan fingerprint density at radius 2 is 1.79 bits per heavy atom. The van der Waals surface area contributed by atoms with E-state index in [2.05, 4.69) is 40.7 Å². The molecule has 3 heteroatoms. The van der Waals surface area contributed by atoms with Gasteiger partial charge in [-0.1, -0.05) is 57.9 Å². The smallest absolute Gasteiger partial charge is 0.123 e. The van der Waals surface area contributed by atoms with Gasteiger partial charge in [-0.25, -0.2) is 0 Å². The third kappa shape index (κ3) is 3.63. The Bertz CT molecular complexity index is 835. The highest BCUT2D eigenvalue weighted by molar-refractivity contribution is 5.55. The van der Waals surface area contributed by atoms with Gasteiger partial charge in [0, 0.05) is 5.92 Å². The fourth-order valence-corrected chi connectivity index (χ4v) is 9.47. The van der Waals surface area contributed by atoms with E-state index in [-0.39, 0.29) is 33.7 Å². The lowest BCUT2D eigenvalue weighted by molar-refractivity contribution is -0.133. The standard InChI is InChI=1S/C30H48O3/c1-19(2)16-21(32)17-20(18-31)22-10-14-30(7)24-8-9-25-27(3,4)26(33)12-13-28(25,5)23(24)11-15-29(22,30)6/h8,16,18,20-23,25-26,32-33H,9-15,17H2,1-7H3/t20-,21+,22+,23+,25+,26-,28-,29+,30-/m1/s1. The number of aliphatic hydroxyl groups excluding tert-OH is 2. The van der Waals surface area contributed by atoms with Crippen LogP contribution >= 0.6 is 0 Å². The normalized spacial score (nSPS) is 45.7. The van der Waals surface area contributed by atoms with Gasteiger partial charge in [-0.05, 0) is 105 Å². The zero-order valence-electron chi connectivity index (χ0n) is 22.2. The molecule has 0 saturated heterocycles. The van der Waals surface area contributed by atoms with Crippen LogP contribution in [0, 0.1) is 45.3 Å². The minimum atomic E-state index is -0.540. The van der Waals surface area contributed by atoms with E-state index in [0.29, 0.717) is 24.2 Å². The van der Waals surface area contributed by atoms with Crippen molar-refractivity contribution in [2.45, 2.75) is 112 Å². The van der Waals surface area contributed by atoms with Gasteiger partial charge >= 0.3 is 0 Å². The largest absolute Gasteiger partial charge is 0.393 e. The number of carbonyl (C=O) groups is 1. The molecule has 0 aliphatic heterocycles. The maximum atomic E-state index is 12.3. The first kappa shape index (κ1) is 25.2. The van der Waals surface area contributed by atoms with Crippen molar-refractivity contribution in [1.82, 2.24) is 0 Å². The molecule has 0 radical (unpaired) electrons. The number of aldehydes is 1. The summed E-state index contributed by atoms with van der Waals surface area (Å²) < 4.78 is 0. The molecule has 0 heterocycles. The summed E-state index contributed by atoms with van der Waals surface area (Å²) in [7, 11) is 0. The third-order valence-corrected chi connectivity index (χ3v) is 11.6. The molecule has 0 aromatic heterocycles. The van der Waals surface area contributed by atoms with Gasteiger partial charge in [0.05, 0.1) is 12.2 Å². The van der Waals surface area contributed by atoms with Crippen LogP contribution in [0.5, 0.6) is 0 Å². The van der Waals surface area contributed by atoms with E-state index in [1.165, 1.54) is 6.42 Å². The summed E-state index contributed by atoms with van der Waals surface area (Å²) in [6.07, 6.45) is 13.1. The molecule has 0 unspecified atom stereocenters. The lowest BCUT2D eigenvalue weighted by atomic mass is 9.41. The molecule has 3 fully saturated rings. The lowest BCUT2D eigenvalue weighted by Crippen LogP contribution is -2.58. The van der Waals surface area contributed by atoms with Crippen LogP contribution in [0.25, 0.3) is 0 Å². The van der Waals surface area contributed by atoms with E-state index < -0.39 is 6.10 Å². The van der Waals surface area contributed by atoms with Crippen LogP contribution < -0.4 is 0 Å². The summed E-state index contributed by atoms with van der Waals surface area (Å²) in [6.45, 7) is 16.0. The van der Waals surface area contributed by atoms with Crippen molar-refractivity contribution in [3.63, 3.8) is 0 Å². The van der Waals surface area contributed by atoms with E-state index in [0.717, 1.165) is 50.4 Å². The van der Waals surface area contributed by atoms with Crippen LogP contribution in [-0.2, 0) is 4.79 Å². The number of hydrogen-bond acceptors (Lipinski definition) is 3. The predicted molar refractivity (Wildman–Crippen MR) is 135 cm³/mol. The first-order chi connectivity index (χ1) is 15.3. The summed E-state index contributed by atoms with van der Waals surface area (Å²) in [5.74, 6) is 1.35. The van der Waals surface area contributed by atoms with Gasteiger partial charge in [0.25, 0.3) is 0 Å². The molecule has 4 rings (SSSR count). The van der Waals surface area contributed by atoms with Crippen LogP contribution in [-0.4, -0.2) is 28.7 Å².